The molecule has 0 saturated carbocycles. The van der Waals surface area contributed by atoms with Crippen LogP contribution < -0.4 is 5.32 Å². The molecule has 1 aliphatic heterocycles. The Bertz CT molecular complexity index is 441. The summed E-state index contributed by atoms with van der Waals surface area (Å²) in [6.07, 6.45) is 6.34. The Morgan fingerprint density at radius 2 is 2.05 bits per heavy atom. The lowest BCUT2D eigenvalue weighted by atomic mass is 9.95. The van der Waals surface area contributed by atoms with Crippen LogP contribution in [-0.4, -0.2) is 19.8 Å². The van der Waals surface area contributed by atoms with Gasteiger partial charge in [-0.05, 0) is 75.8 Å². The summed E-state index contributed by atoms with van der Waals surface area (Å²) in [6, 6.07) is 4.61. The van der Waals surface area contributed by atoms with Crippen molar-refractivity contribution in [1.82, 2.24) is 5.32 Å². The predicted molar refractivity (Wildman–Crippen MR) is 85.6 cm³/mol. The molecule has 0 aliphatic carbocycles. The zero-order valence-corrected chi connectivity index (χ0v) is 13.6. The average molecular weight is 296 g/mol. The Labute approximate surface area is 127 Å². The number of benzene rings is 1. The van der Waals surface area contributed by atoms with E-state index in [1.807, 2.05) is 7.05 Å². The fourth-order valence-electron chi connectivity index (χ4n) is 2.91. The molecule has 1 saturated heterocycles. The standard InChI is InChI=1S/C17H26ClNO/c1-12-10-15(16(18)11-13(12)2)17(19-3)8-7-14-6-4-5-9-20-14/h10-11,14,17,19H,4-9H2,1-3H3. The van der Waals surface area contributed by atoms with Crippen LogP contribution in [0.15, 0.2) is 12.1 Å². The first-order valence-electron chi connectivity index (χ1n) is 7.67. The van der Waals surface area contributed by atoms with Gasteiger partial charge in [0.1, 0.15) is 0 Å². The quantitative estimate of drug-likeness (QED) is 0.859. The highest BCUT2D eigenvalue weighted by Gasteiger charge is 2.19. The molecule has 1 heterocycles. The van der Waals surface area contributed by atoms with Crippen LogP contribution in [0.5, 0.6) is 0 Å². The van der Waals surface area contributed by atoms with E-state index in [4.69, 9.17) is 16.3 Å². The zero-order valence-electron chi connectivity index (χ0n) is 12.8. The third-order valence-corrected chi connectivity index (χ3v) is 4.72. The summed E-state index contributed by atoms with van der Waals surface area (Å²) in [5.74, 6) is 0. The Balaban J connectivity index is 2.02. The van der Waals surface area contributed by atoms with E-state index in [1.54, 1.807) is 0 Å². The number of hydrogen-bond acceptors (Lipinski definition) is 2. The van der Waals surface area contributed by atoms with E-state index in [1.165, 1.54) is 36.0 Å². The maximum atomic E-state index is 6.43. The highest BCUT2D eigenvalue weighted by molar-refractivity contribution is 6.31. The minimum Gasteiger partial charge on any atom is -0.378 e. The Hall–Kier alpha value is -0.570. The Morgan fingerprint density at radius 3 is 2.70 bits per heavy atom. The van der Waals surface area contributed by atoms with Gasteiger partial charge in [0.15, 0.2) is 0 Å². The zero-order chi connectivity index (χ0) is 14.5. The van der Waals surface area contributed by atoms with Gasteiger partial charge in [0.25, 0.3) is 0 Å². The van der Waals surface area contributed by atoms with Gasteiger partial charge >= 0.3 is 0 Å². The number of rotatable bonds is 5. The van der Waals surface area contributed by atoms with Gasteiger partial charge in [0.2, 0.25) is 0 Å². The van der Waals surface area contributed by atoms with Crippen LogP contribution in [-0.2, 0) is 4.74 Å². The first kappa shape index (κ1) is 15.8. The van der Waals surface area contributed by atoms with Gasteiger partial charge in [-0.15, -0.1) is 0 Å². The first-order valence-corrected chi connectivity index (χ1v) is 8.05. The molecule has 2 rings (SSSR count). The summed E-state index contributed by atoms with van der Waals surface area (Å²) < 4.78 is 5.82. The molecule has 20 heavy (non-hydrogen) atoms. The summed E-state index contributed by atoms with van der Waals surface area (Å²) in [4.78, 5) is 0. The number of aryl methyl sites for hydroxylation is 2. The van der Waals surface area contributed by atoms with Gasteiger partial charge in [0.05, 0.1) is 6.10 Å². The van der Waals surface area contributed by atoms with Gasteiger partial charge in [-0.2, -0.15) is 0 Å². The van der Waals surface area contributed by atoms with E-state index < -0.39 is 0 Å². The van der Waals surface area contributed by atoms with Crippen LogP contribution in [0, 0.1) is 13.8 Å². The van der Waals surface area contributed by atoms with E-state index in [2.05, 4.69) is 31.3 Å². The minimum atomic E-state index is 0.312. The SMILES string of the molecule is CNC(CCC1CCCCO1)c1cc(C)c(C)cc1Cl. The van der Waals surface area contributed by atoms with Crippen molar-refractivity contribution in [2.45, 2.75) is 58.1 Å². The molecule has 2 unspecified atom stereocenters. The van der Waals surface area contributed by atoms with Crippen molar-refractivity contribution in [3.05, 3.63) is 33.8 Å². The summed E-state index contributed by atoms with van der Waals surface area (Å²) in [5, 5.41) is 4.28. The molecule has 1 N–H and O–H groups in total. The summed E-state index contributed by atoms with van der Waals surface area (Å²) >= 11 is 6.43. The maximum absolute atomic E-state index is 6.43. The van der Waals surface area contributed by atoms with Crippen molar-refractivity contribution in [3.63, 3.8) is 0 Å². The highest BCUT2D eigenvalue weighted by atomic mass is 35.5. The molecule has 1 aliphatic rings. The Morgan fingerprint density at radius 1 is 1.30 bits per heavy atom. The van der Waals surface area contributed by atoms with Gasteiger partial charge in [0, 0.05) is 17.7 Å². The molecule has 0 spiro atoms. The molecule has 2 nitrogen and oxygen atoms in total. The van der Waals surface area contributed by atoms with Crippen molar-refractivity contribution >= 4 is 11.6 Å². The number of halogens is 1. The second-order valence-corrected chi connectivity index (χ2v) is 6.27. The van der Waals surface area contributed by atoms with Crippen LogP contribution in [0.3, 0.4) is 0 Å². The van der Waals surface area contributed by atoms with Gasteiger partial charge < -0.3 is 10.1 Å². The minimum absolute atomic E-state index is 0.312. The van der Waals surface area contributed by atoms with E-state index >= 15 is 0 Å². The first-order chi connectivity index (χ1) is 9.61. The largest absolute Gasteiger partial charge is 0.378 e. The van der Waals surface area contributed by atoms with Crippen molar-refractivity contribution < 1.29 is 4.74 Å². The molecule has 0 bridgehead atoms. The van der Waals surface area contributed by atoms with E-state index in [0.717, 1.165) is 24.5 Å². The van der Waals surface area contributed by atoms with Crippen molar-refractivity contribution in [1.29, 1.82) is 0 Å². The lowest BCUT2D eigenvalue weighted by molar-refractivity contribution is 0.00866. The van der Waals surface area contributed by atoms with Crippen LogP contribution in [0.2, 0.25) is 5.02 Å². The van der Waals surface area contributed by atoms with Crippen LogP contribution in [0.4, 0.5) is 0 Å². The average Bonchev–Trinajstić information content (AvgIpc) is 2.46. The summed E-state index contributed by atoms with van der Waals surface area (Å²) in [5.41, 5.74) is 3.77. The molecule has 0 aromatic heterocycles. The lowest BCUT2D eigenvalue weighted by Gasteiger charge is -2.25. The Kier molecular flexibility index (Phi) is 5.88. The fraction of sp³-hybridized carbons (Fsp3) is 0.647. The van der Waals surface area contributed by atoms with Crippen LogP contribution in [0.1, 0.15) is 54.8 Å². The molecule has 0 radical (unpaired) electrons. The topological polar surface area (TPSA) is 21.3 Å². The maximum Gasteiger partial charge on any atom is 0.0575 e. The molecule has 3 heteroatoms. The molecule has 0 amide bonds. The molecular weight excluding hydrogens is 270 g/mol. The molecule has 1 aromatic rings. The third-order valence-electron chi connectivity index (χ3n) is 4.39. The highest BCUT2D eigenvalue weighted by Crippen LogP contribution is 2.30. The summed E-state index contributed by atoms with van der Waals surface area (Å²) in [7, 11) is 2.01. The van der Waals surface area contributed by atoms with Gasteiger partial charge in [-0.1, -0.05) is 17.7 Å². The van der Waals surface area contributed by atoms with E-state index in [0.29, 0.717) is 12.1 Å². The predicted octanol–water partition coefficient (Wildman–Crippen LogP) is 4.57. The summed E-state index contributed by atoms with van der Waals surface area (Å²) in [6.45, 7) is 5.18. The molecule has 1 aromatic carbocycles. The lowest BCUT2D eigenvalue weighted by Crippen LogP contribution is -2.23. The fourth-order valence-corrected chi connectivity index (χ4v) is 3.26. The molecular formula is C17H26ClNO. The molecule has 112 valence electrons. The van der Waals surface area contributed by atoms with E-state index in [9.17, 15) is 0 Å². The van der Waals surface area contributed by atoms with Crippen molar-refractivity contribution in [2.24, 2.45) is 0 Å². The monoisotopic (exact) mass is 295 g/mol. The number of nitrogens with one attached hydrogen (secondary N) is 1. The second-order valence-electron chi connectivity index (χ2n) is 5.87. The molecule has 2 atom stereocenters. The number of hydrogen-bond donors (Lipinski definition) is 1. The third kappa shape index (κ3) is 3.97. The number of ether oxygens (including phenoxy) is 1. The van der Waals surface area contributed by atoms with Gasteiger partial charge in [-0.3, -0.25) is 0 Å². The smallest absolute Gasteiger partial charge is 0.0575 e. The van der Waals surface area contributed by atoms with Gasteiger partial charge in [-0.25, -0.2) is 0 Å². The van der Waals surface area contributed by atoms with Crippen molar-refractivity contribution in [3.8, 4) is 0 Å². The van der Waals surface area contributed by atoms with E-state index in [-0.39, 0.29) is 0 Å². The van der Waals surface area contributed by atoms with Crippen LogP contribution >= 0.6 is 11.6 Å². The van der Waals surface area contributed by atoms with Crippen LogP contribution in [0.25, 0.3) is 0 Å². The normalized spacial score (nSPS) is 20.9. The van der Waals surface area contributed by atoms with Crippen molar-refractivity contribution in [2.75, 3.05) is 13.7 Å². The second kappa shape index (κ2) is 7.44. The molecule has 1 fully saturated rings.